The summed E-state index contributed by atoms with van der Waals surface area (Å²) < 4.78 is 8.67. The third-order valence-electron chi connectivity index (χ3n) is 2.94. The smallest absolute Gasteiger partial charge is 0.307 e. The van der Waals surface area contributed by atoms with Gasteiger partial charge in [-0.15, -0.1) is 0 Å². The van der Waals surface area contributed by atoms with Gasteiger partial charge in [0.25, 0.3) is 5.91 Å². The summed E-state index contributed by atoms with van der Waals surface area (Å²) in [6, 6.07) is 8.57. The zero-order chi connectivity index (χ0) is 16.9. The van der Waals surface area contributed by atoms with Gasteiger partial charge in [0.05, 0.1) is 22.0 Å². The van der Waals surface area contributed by atoms with Gasteiger partial charge in [0.1, 0.15) is 6.20 Å². The van der Waals surface area contributed by atoms with Crippen molar-refractivity contribution in [3.8, 4) is 0 Å². The third kappa shape index (κ3) is 3.41. The van der Waals surface area contributed by atoms with E-state index in [1.807, 2.05) is 0 Å². The van der Waals surface area contributed by atoms with E-state index in [4.69, 9.17) is 4.18 Å². The van der Waals surface area contributed by atoms with E-state index in [0.717, 1.165) is 6.20 Å². The van der Waals surface area contributed by atoms with Crippen molar-refractivity contribution in [3.05, 3.63) is 57.2 Å². The first kappa shape index (κ1) is 17.1. The molecule has 0 bridgehead atoms. The first-order valence-corrected chi connectivity index (χ1v) is 8.62. The van der Waals surface area contributed by atoms with Crippen LogP contribution in [0.2, 0.25) is 0 Å². The minimum atomic E-state index is -2.62. The molecule has 1 heterocycles. The number of nitro groups is 1. The molecule has 2 N–H and O–H groups in total. The molecule has 0 saturated carbocycles. The molecule has 9 heteroatoms. The second-order valence-corrected chi connectivity index (χ2v) is 6.88. The molecule has 0 aliphatic carbocycles. The minimum absolute atomic E-state index is 0.141. The van der Waals surface area contributed by atoms with E-state index in [1.165, 1.54) is 0 Å². The second kappa shape index (κ2) is 7.36. The highest BCUT2D eigenvalue weighted by molar-refractivity contribution is 8.43. The Morgan fingerprint density at radius 3 is 2.61 bits per heavy atom. The van der Waals surface area contributed by atoms with Gasteiger partial charge in [0.15, 0.2) is 5.17 Å². The normalized spacial score (nSPS) is 22.7. The van der Waals surface area contributed by atoms with E-state index in [9.17, 15) is 14.9 Å². The number of amidine groups is 1. The van der Waals surface area contributed by atoms with E-state index in [0.29, 0.717) is 12.1 Å². The van der Waals surface area contributed by atoms with Crippen LogP contribution in [0.1, 0.15) is 24.2 Å². The first-order chi connectivity index (χ1) is 11.0. The van der Waals surface area contributed by atoms with Crippen LogP contribution in [0, 0.1) is 10.1 Å². The zero-order valence-corrected chi connectivity index (χ0v) is 13.6. The fourth-order valence-electron chi connectivity index (χ4n) is 2.06. The number of nitrogens with zero attached hydrogens (tertiary/aromatic N) is 2. The molecular formula is C14H18N4O4S. The summed E-state index contributed by atoms with van der Waals surface area (Å²) in [5.74, 6) is -0.392. The first-order valence-electron chi connectivity index (χ1n) is 7.06. The van der Waals surface area contributed by atoms with Crippen molar-refractivity contribution in [1.29, 1.82) is 0 Å². The molecule has 23 heavy (non-hydrogen) atoms. The quantitative estimate of drug-likeness (QED) is 0.610. The maximum Gasteiger partial charge on any atom is 0.346 e. The Morgan fingerprint density at radius 2 is 2.04 bits per heavy atom. The van der Waals surface area contributed by atoms with E-state index < -0.39 is 21.3 Å². The Bertz CT molecular complexity index is 654. The lowest BCUT2D eigenvalue weighted by atomic mass is 10.2. The number of carbonyl (C=O) groups is 1. The summed E-state index contributed by atoms with van der Waals surface area (Å²) >= 11 is 0. The highest BCUT2D eigenvalue weighted by atomic mass is 32.3. The molecule has 0 spiro atoms. The summed E-state index contributed by atoms with van der Waals surface area (Å²) in [5, 5.41) is 13.9. The van der Waals surface area contributed by atoms with Crippen molar-refractivity contribution < 1.29 is 13.9 Å². The standard InChI is InChI=1S/C14H18N4O4S/c1-3-16-23(22-4-2)12(18(20)21)10-15-14(23)17-13(19)11-8-6-5-7-9-11/h5-10,16H,3-4H2,1-2H3,(H,15,17,19). The zero-order valence-electron chi connectivity index (χ0n) is 12.8. The number of hydrogen-bond acceptors (Lipinski definition) is 6. The van der Waals surface area contributed by atoms with Crippen LogP contribution in [0.25, 0.3) is 0 Å². The maximum absolute atomic E-state index is 12.3. The molecule has 1 unspecified atom stereocenters. The molecule has 0 radical (unpaired) electrons. The van der Waals surface area contributed by atoms with Crippen LogP contribution in [0.15, 0.2) is 46.6 Å². The van der Waals surface area contributed by atoms with Gasteiger partial charge < -0.3 is 4.18 Å². The molecule has 2 rings (SSSR count). The average Bonchev–Trinajstić information content (AvgIpc) is 2.87. The van der Waals surface area contributed by atoms with Crippen LogP contribution in [-0.4, -0.2) is 29.1 Å². The minimum Gasteiger partial charge on any atom is -0.307 e. The number of nitrogens with one attached hydrogen (secondary N) is 2. The van der Waals surface area contributed by atoms with Crippen molar-refractivity contribution in [3.63, 3.8) is 0 Å². The van der Waals surface area contributed by atoms with E-state index >= 15 is 0 Å². The van der Waals surface area contributed by atoms with Crippen LogP contribution in [0.4, 0.5) is 0 Å². The van der Waals surface area contributed by atoms with Gasteiger partial charge in [-0.3, -0.25) is 20.2 Å². The van der Waals surface area contributed by atoms with Gasteiger partial charge in [-0.2, -0.15) is 0 Å². The lowest BCUT2D eigenvalue weighted by Crippen LogP contribution is -2.40. The molecule has 0 fully saturated rings. The number of aliphatic imine (C=N–C) groups is 1. The fourth-order valence-corrected chi connectivity index (χ4v) is 4.46. The van der Waals surface area contributed by atoms with Gasteiger partial charge in [0, 0.05) is 12.1 Å². The molecule has 1 aliphatic heterocycles. The Morgan fingerprint density at radius 1 is 1.35 bits per heavy atom. The number of rotatable bonds is 6. The van der Waals surface area contributed by atoms with Gasteiger partial charge >= 0.3 is 5.03 Å². The Kier molecular flexibility index (Phi) is 5.48. The van der Waals surface area contributed by atoms with Crippen LogP contribution >= 0.6 is 10.5 Å². The van der Waals surface area contributed by atoms with Crippen LogP contribution in [0.5, 0.6) is 0 Å². The summed E-state index contributed by atoms with van der Waals surface area (Å²) in [6.45, 7) is 4.22. The predicted octanol–water partition coefficient (Wildman–Crippen LogP) is 2.14. The fraction of sp³-hybridized carbons (Fsp3) is 0.286. The van der Waals surface area contributed by atoms with Crippen molar-refractivity contribution >= 4 is 21.6 Å². The Labute approximate surface area is 135 Å². The molecule has 1 aromatic rings. The van der Waals surface area contributed by atoms with Crippen LogP contribution in [0.3, 0.4) is 0 Å². The van der Waals surface area contributed by atoms with Gasteiger partial charge in [0.2, 0.25) is 0 Å². The van der Waals surface area contributed by atoms with Gasteiger partial charge in [-0.25, -0.2) is 9.71 Å². The van der Waals surface area contributed by atoms with Crippen molar-refractivity contribution in [2.75, 3.05) is 13.2 Å². The van der Waals surface area contributed by atoms with Crippen molar-refractivity contribution in [2.45, 2.75) is 13.8 Å². The summed E-state index contributed by atoms with van der Waals surface area (Å²) in [4.78, 5) is 27.1. The molecule has 8 nitrogen and oxygen atoms in total. The molecule has 1 atom stereocenters. The highest BCUT2D eigenvalue weighted by Gasteiger charge is 2.47. The topological polar surface area (TPSA) is 106 Å². The Balaban J connectivity index is 2.30. The molecule has 1 aromatic carbocycles. The number of benzene rings is 1. The molecule has 1 aliphatic rings. The molecule has 1 amide bonds. The monoisotopic (exact) mass is 338 g/mol. The van der Waals surface area contributed by atoms with Crippen LogP contribution in [-0.2, 0) is 4.18 Å². The lowest BCUT2D eigenvalue weighted by molar-refractivity contribution is -0.411. The average molecular weight is 338 g/mol. The third-order valence-corrected chi connectivity index (χ3v) is 5.82. The predicted molar refractivity (Wildman–Crippen MR) is 89.3 cm³/mol. The van der Waals surface area contributed by atoms with Crippen LogP contribution < -0.4 is 10.0 Å². The molecule has 124 valence electrons. The van der Waals surface area contributed by atoms with Crippen molar-refractivity contribution in [2.24, 2.45) is 4.99 Å². The van der Waals surface area contributed by atoms with E-state index in [1.54, 1.807) is 44.2 Å². The largest absolute Gasteiger partial charge is 0.346 e. The number of carbonyl (C=O) groups excluding carboxylic acids is 1. The maximum atomic E-state index is 12.3. The Hall–Kier alpha value is -2.23. The molecular weight excluding hydrogens is 320 g/mol. The highest BCUT2D eigenvalue weighted by Crippen LogP contribution is 2.56. The van der Waals surface area contributed by atoms with Crippen molar-refractivity contribution in [1.82, 2.24) is 10.0 Å². The summed E-state index contributed by atoms with van der Waals surface area (Å²) in [6.07, 6.45) is 1.13. The lowest BCUT2D eigenvalue weighted by Gasteiger charge is -2.33. The SMILES string of the molecule is CCNS1(OCC)C([N+](=O)[O-])=CN=C1NC(=O)c1ccccc1. The van der Waals surface area contributed by atoms with Gasteiger partial charge in [-0.05, 0) is 19.1 Å². The van der Waals surface area contributed by atoms with Gasteiger partial charge in [-0.1, -0.05) is 25.1 Å². The van der Waals surface area contributed by atoms with E-state index in [2.05, 4.69) is 15.0 Å². The second-order valence-electron chi connectivity index (χ2n) is 4.44. The molecule has 0 aromatic heterocycles. The number of hydrogen-bond donors (Lipinski definition) is 2. The summed E-state index contributed by atoms with van der Waals surface area (Å²) in [7, 11) is -2.62. The molecule has 0 saturated heterocycles. The summed E-state index contributed by atoms with van der Waals surface area (Å²) in [5.41, 5.74) is 0.436. The van der Waals surface area contributed by atoms with E-state index in [-0.39, 0.29) is 16.8 Å². The number of amides is 1.